The van der Waals surface area contributed by atoms with Gasteiger partial charge in [-0.25, -0.2) is 9.59 Å². The Labute approximate surface area is 358 Å². The highest BCUT2D eigenvalue weighted by Gasteiger charge is 2.55. The van der Waals surface area contributed by atoms with Crippen LogP contribution in [-0.2, 0) is 30.3 Å². The van der Waals surface area contributed by atoms with Crippen LogP contribution >= 0.6 is 22.9 Å². The van der Waals surface area contributed by atoms with Crippen LogP contribution in [0.2, 0.25) is 0 Å². The number of nitrogens with two attached hydrogens (primary N) is 1. The highest BCUT2D eigenvalue weighted by atomic mass is 127. The van der Waals surface area contributed by atoms with Crippen molar-refractivity contribution in [1.29, 1.82) is 0 Å². The van der Waals surface area contributed by atoms with Crippen LogP contribution in [0, 0.1) is 0 Å². The third-order valence-corrected chi connectivity index (χ3v) is 12.2. The number of nitrogens with zero attached hydrogens (tertiary/aromatic N) is 1. The maximum absolute atomic E-state index is 14.6. The molecule has 304 valence electrons. The molecule has 6 aromatic rings. The summed E-state index contributed by atoms with van der Waals surface area (Å²) in [6.07, 6.45) is 0. The predicted octanol–water partition coefficient (Wildman–Crippen LogP) is 5.65. The van der Waals surface area contributed by atoms with Crippen LogP contribution in [0.1, 0.15) is 65.7 Å². The number of benzene rings is 6. The molecule has 1 unspecified atom stereocenters. The monoisotopic (exact) mass is 932 g/mol. The number of carbonyl (C=O) groups is 4. The number of anilines is 1. The van der Waals surface area contributed by atoms with Gasteiger partial charge in [-0.2, -0.15) is 0 Å². The standard InChI is InChI=1S/C44H29IN4O12/c45-49(21-2-8-29-27(14-21)42(57)61-44(29)32-11-5-24(52)17-36(32)59-37-18-25(53)6-12-33(37)44)40(55)39(48-38(54)19-47-46)20-1-7-28-26(13-20)41(56)60-43(28)30-9-3-22(50)15-34(30)58-35-16-23(51)4-10-31(35)43/h1-18,39,47,50-53H,19,46H2,(H,48,54). The number of hydrogen-bond acceptors (Lipinski definition) is 14. The van der Waals surface area contributed by atoms with Crippen LogP contribution in [0.4, 0.5) is 5.69 Å². The number of rotatable bonds is 6. The van der Waals surface area contributed by atoms with E-state index in [9.17, 15) is 39.6 Å². The third kappa shape index (κ3) is 5.58. The average Bonchev–Trinajstić information content (AvgIpc) is 3.68. The Kier molecular flexibility index (Phi) is 8.44. The van der Waals surface area contributed by atoms with Gasteiger partial charge in [-0.15, -0.1) is 0 Å². The Morgan fingerprint density at radius 2 is 1.02 bits per heavy atom. The first-order valence-corrected chi connectivity index (χ1v) is 19.5. The molecule has 0 bridgehead atoms. The van der Waals surface area contributed by atoms with Crippen LogP contribution in [0.5, 0.6) is 46.0 Å². The number of carbonyl (C=O) groups excluding carboxylic acids is 4. The molecular formula is C44H29IN4O12. The molecule has 6 aromatic carbocycles. The first-order valence-electron chi connectivity index (χ1n) is 18.5. The molecule has 8 N–H and O–H groups in total. The first-order chi connectivity index (χ1) is 29.3. The number of ether oxygens (including phenoxy) is 4. The highest BCUT2D eigenvalue weighted by molar-refractivity contribution is 14.1. The molecule has 2 spiro atoms. The Bertz CT molecular complexity index is 2850. The van der Waals surface area contributed by atoms with Crippen molar-refractivity contribution in [2.24, 2.45) is 5.84 Å². The molecule has 4 heterocycles. The smallest absolute Gasteiger partial charge is 0.340 e. The van der Waals surface area contributed by atoms with Crippen molar-refractivity contribution in [3.8, 4) is 46.0 Å². The zero-order valence-corrected chi connectivity index (χ0v) is 33.3. The van der Waals surface area contributed by atoms with E-state index in [-0.39, 0.29) is 74.9 Å². The van der Waals surface area contributed by atoms with E-state index < -0.39 is 41.0 Å². The van der Waals surface area contributed by atoms with E-state index in [1.807, 2.05) is 0 Å². The lowest BCUT2D eigenvalue weighted by atomic mass is 9.77. The zero-order chi connectivity index (χ0) is 42.5. The number of esters is 2. The molecule has 0 aliphatic carbocycles. The van der Waals surface area contributed by atoms with Gasteiger partial charge in [0.2, 0.25) is 5.91 Å². The molecule has 2 amide bonds. The lowest BCUT2D eigenvalue weighted by Crippen LogP contribution is -2.44. The van der Waals surface area contributed by atoms with E-state index in [0.717, 1.165) is 0 Å². The van der Waals surface area contributed by atoms with Gasteiger partial charge in [-0.05, 0) is 72.3 Å². The van der Waals surface area contributed by atoms with Gasteiger partial charge in [0.1, 0.15) is 52.0 Å². The van der Waals surface area contributed by atoms with E-state index in [0.29, 0.717) is 33.4 Å². The molecule has 1 atom stereocenters. The number of amides is 2. The van der Waals surface area contributed by atoms with Crippen LogP contribution in [0.25, 0.3) is 0 Å². The third-order valence-electron chi connectivity index (χ3n) is 11.1. The van der Waals surface area contributed by atoms with E-state index in [2.05, 4.69) is 10.7 Å². The largest absolute Gasteiger partial charge is 0.508 e. The normalized spacial score (nSPS) is 15.7. The number of hydrogen-bond donors (Lipinski definition) is 7. The van der Waals surface area contributed by atoms with Crippen LogP contribution in [0.15, 0.2) is 109 Å². The Hall–Kier alpha value is -7.35. The summed E-state index contributed by atoms with van der Waals surface area (Å²) in [5, 5.41) is 43.9. The molecule has 0 saturated carbocycles. The van der Waals surface area contributed by atoms with Crippen molar-refractivity contribution in [2.75, 3.05) is 9.66 Å². The summed E-state index contributed by atoms with van der Waals surface area (Å²) in [4.78, 5) is 55.5. The van der Waals surface area contributed by atoms with Crippen LogP contribution in [-0.4, -0.2) is 50.7 Å². The van der Waals surface area contributed by atoms with Gasteiger partial charge in [-0.3, -0.25) is 24.0 Å². The summed E-state index contributed by atoms with van der Waals surface area (Å²) < 4.78 is 25.7. The van der Waals surface area contributed by atoms with Crippen molar-refractivity contribution in [2.45, 2.75) is 17.2 Å². The summed E-state index contributed by atoms with van der Waals surface area (Å²) in [5.41, 5.74) is 2.22. The second-order valence-corrected chi connectivity index (χ2v) is 15.6. The second kappa shape index (κ2) is 13.6. The summed E-state index contributed by atoms with van der Waals surface area (Å²) >= 11 is 1.76. The van der Waals surface area contributed by atoms with Crippen molar-refractivity contribution in [3.63, 3.8) is 0 Å². The van der Waals surface area contributed by atoms with Crippen molar-refractivity contribution < 1.29 is 58.6 Å². The second-order valence-electron chi connectivity index (χ2n) is 14.6. The van der Waals surface area contributed by atoms with Gasteiger partial charge in [0.05, 0.1) is 46.2 Å². The lowest BCUT2D eigenvalue weighted by Gasteiger charge is -2.36. The fourth-order valence-corrected chi connectivity index (χ4v) is 9.13. The fraction of sp³-hybridized carbons (Fsp3) is 0.0909. The molecule has 0 radical (unpaired) electrons. The summed E-state index contributed by atoms with van der Waals surface area (Å²) in [5.74, 6) is 3.03. The van der Waals surface area contributed by atoms with Crippen LogP contribution in [0.3, 0.4) is 0 Å². The summed E-state index contributed by atoms with van der Waals surface area (Å²) in [6, 6.07) is 25.4. The minimum atomic E-state index is -1.57. The Balaban J connectivity index is 1.04. The molecule has 4 aliphatic rings. The lowest BCUT2D eigenvalue weighted by molar-refractivity contribution is -0.126. The number of phenolic OH excluding ortho intramolecular Hbond substituents is 4. The molecule has 10 rings (SSSR count). The number of fused-ring (bicyclic) bond motifs is 12. The number of hydrazine groups is 1. The van der Waals surface area contributed by atoms with E-state index in [4.69, 9.17) is 24.8 Å². The SMILES string of the molecule is NNCC(=O)NC(C(=O)N(I)c1ccc2c(c1)C(=O)OC21c2ccc(O)cc2Oc2cc(O)ccc21)c1ccc2c(c1)C(=O)OC21c2ccc(O)cc2Oc2cc(O)ccc21. The predicted molar refractivity (Wildman–Crippen MR) is 221 cm³/mol. The maximum Gasteiger partial charge on any atom is 0.340 e. The Morgan fingerprint density at radius 1 is 0.607 bits per heavy atom. The minimum absolute atomic E-state index is 0.0747. The fourth-order valence-electron chi connectivity index (χ4n) is 8.55. The van der Waals surface area contributed by atoms with Gasteiger partial charge in [-0.1, -0.05) is 18.2 Å². The minimum Gasteiger partial charge on any atom is -0.508 e. The van der Waals surface area contributed by atoms with E-state index >= 15 is 0 Å². The van der Waals surface area contributed by atoms with Crippen molar-refractivity contribution >= 4 is 52.3 Å². The zero-order valence-electron chi connectivity index (χ0n) is 31.1. The van der Waals surface area contributed by atoms with Gasteiger partial charge in [0, 0.05) is 57.6 Å². The van der Waals surface area contributed by atoms with Crippen LogP contribution < -0.4 is 29.2 Å². The molecule has 4 aliphatic heterocycles. The summed E-state index contributed by atoms with van der Waals surface area (Å²) in [6.45, 7) is -0.358. The van der Waals surface area contributed by atoms with Gasteiger partial charge >= 0.3 is 11.9 Å². The van der Waals surface area contributed by atoms with E-state index in [1.165, 1.54) is 63.8 Å². The molecule has 0 saturated heterocycles. The average molecular weight is 933 g/mol. The molecule has 0 fully saturated rings. The topological polar surface area (TPSA) is 239 Å². The molecular weight excluding hydrogens is 903 g/mol. The number of halogens is 1. The van der Waals surface area contributed by atoms with Gasteiger partial charge in [0.15, 0.2) is 11.2 Å². The first kappa shape index (κ1) is 37.9. The highest BCUT2D eigenvalue weighted by Crippen LogP contribution is 2.59. The van der Waals surface area contributed by atoms with Crippen molar-refractivity contribution in [3.05, 3.63) is 159 Å². The number of aromatic hydroxyl groups is 4. The quantitative estimate of drug-likeness (QED) is 0.0352. The van der Waals surface area contributed by atoms with Gasteiger partial charge in [0.25, 0.3) is 5.91 Å². The maximum atomic E-state index is 14.6. The van der Waals surface area contributed by atoms with E-state index in [1.54, 1.807) is 71.4 Å². The molecule has 0 aromatic heterocycles. The van der Waals surface area contributed by atoms with Gasteiger partial charge < -0.3 is 44.7 Å². The molecule has 16 nitrogen and oxygen atoms in total. The Morgan fingerprint density at radius 3 is 1.46 bits per heavy atom. The molecule has 61 heavy (non-hydrogen) atoms. The summed E-state index contributed by atoms with van der Waals surface area (Å²) in [7, 11) is 0. The number of phenols is 4. The number of nitrogens with one attached hydrogen (secondary N) is 2. The van der Waals surface area contributed by atoms with Crippen molar-refractivity contribution in [1.82, 2.24) is 10.7 Å². The molecule has 17 heteroatoms.